The Morgan fingerprint density at radius 3 is 2.48 bits per heavy atom. The van der Waals surface area contributed by atoms with Crippen LogP contribution in [0, 0.1) is 0 Å². The molecule has 0 bridgehead atoms. The minimum atomic E-state index is -3.51. The van der Waals surface area contributed by atoms with Crippen molar-refractivity contribution < 1.29 is 8.42 Å². The molecule has 0 saturated heterocycles. The topological polar surface area (TPSA) is 73.8 Å². The Morgan fingerprint density at radius 2 is 1.83 bits per heavy atom. The van der Waals surface area contributed by atoms with Crippen molar-refractivity contribution in [3.05, 3.63) is 64.7 Å². The quantitative estimate of drug-likeness (QED) is 0.300. The standard InChI is InChI=1S/C20H27ClN4O2S.HI/c1-4-22-20(23-13-12-16-8-7-10-18(21)14-16)24-15-17-9-5-6-11-19(17)28(26,27)25(2)3;/h5-11,14H,4,12-13,15H2,1-3H3,(H2,22,23,24);1H. The molecule has 2 aromatic carbocycles. The van der Waals surface area contributed by atoms with Gasteiger partial charge in [-0.3, -0.25) is 0 Å². The number of guanidine groups is 1. The summed E-state index contributed by atoms with van der Waals surface area (Å²) >= 11 is 6.02. The highest BCUT2D eigenvalue weighted by Crippen LogP contribution is 2.19. The van der Waals surface area contributed by atoms with Crippen molar-refractivity contribution in [2.45, 2.75) is 24.8 Å². The molecule has 9 heteroatoms. The largest absolute Gasteiger partial charge is 0.357 e. The fourth-order valence-electron chi connectivity index (χ4n) is 2.61. The molecular weight excluding hydrogens is 523 g/mol. The van der Waals surface area contributed by atoms with E-state index in [9.17, 15) is 8.42 Å². The fraction of sp³-hybridized carbons (Fsp3) is 0.350. The Hall–Kier alpha value is -1.36. The first-order valence-electron chi connectivity index (χ1n) is 9.11. The average Bonchev–Trinajstić information content (AvgIpc) is 2.66. The lowest BCUT2D eigenvalue weighted by atomic mass is 10.1. The average molecular weight is 551 g/mol. The Morgan fingerprint density at radius 1 is 1.10 bits per heavy atom. The monoisotopic (exact) mass is 550 g/mol. The molecule has 0 radical (unpaired) electrons. The Bertz CT molecular complexity index is 920. The van der Waals surface area contributed by atoms with E-state index in [1.807, 2.05) is 37.3 Å². The summed E-state index contributed by atoms with van der Waals surface area (Å²) in [5.41, 5.74) is 1.79. The second-order valence-corrected chi connectivity index (χ2v) is 8.95. The molecule has 0 fully saturated rings. The lowest BCUT2D eigenvalue weighted by Gasteiger charge is -2.15. The van der Waals surface area contributed by atoms with Gasteiger partial charge in [-0.05, 0) is 42.7 Å². The smallest absolute Gasteiger partial charge is 0.242 e. The molecule has 0 aliphatic rings. The van der Waals surface area contributed by atoms with E-state index in [2.05, 4.69) is 15.6 Å². The van der Waals surface area contributed by atoms with Crippen LogP contribution in [0.25, 0.3) is 0 Å². The Kier molecular flexibility index (Phi) is 10.9. The molecular formula is C20H28ClIN4O2S. The van der Waals surface area contributed by atoms with Gasteiger partial charge in [0.05, 0.1) is 11.4 Å². The number of benzene rings is 2. The third-order valence-electron chi connectivity index (χ3n) is 4.08. The molecule has 0 atom stereocenters. The Balaban J connectivity index is 0.00000420. The first-order valence-corrected chi connectivity index (χ1v) is 10.9. The number of nitrogens with one attached hydrogen (secondary N) is 2. The number of sulfonamides is 1. The normalized spacial score (nSPS) is 11.8. The summed E-state index contributed by atoms with van der Waals surface area (Å²) in [5.74, 6) is 0.640. The van der Waals surface area contributed by atoms with Crippen molar-refractivity contribution in [1.82, 2.24) is 14.9 Å². The van der Waals surface area contributed by atoms with Gasteiger partial charge in [0.2, 0.25) is 10.0 Å². The van der Waals surface area contributed by atoms with Crippen molar-refractivity contribution >= 4 is 51.6 Å². The van der Waals surface area contributed by atoms with Crippen LogP contribution in [-0.2, 0) is 23.0 Å². The van der Waals surface area contributed by atoms with Crippen LogP contribution in [0.1, 0.15) is 18.1 Å². The molecule has 2 rings (SSSR count). The molecule has 0 unspecified atom stereocenters. The van der Waals surface area contributed by atoms with Crippen molar-refractivity contribution in [3.8, 4) is 0 Å². The zero-order chi connectivity index (χ0) is 20.6. The molecule has 6 nitrogen and oxygen atoms in total. The maximum Gasteiger partial charge on any atom is 0.242 e. The molecule has 160 valence electrons. The summed E-state index contributed by atoms with van der Waals surface area (Å²) in [5, 5.41) is 7.18. The maximum absolute atomic E-state index is 12.5. The molecule has 0 aliphatic carbocycles. The highest BCUT2D eigenvalue weighted by Gasteiger charge is 2.20. The molecule has 2 aromatic rings. The van der Waals surface area contributed by atoms with Crippen molar-refractivity contribution in [2.75, 3.05) is 27.2 Å². The third kappa shape index (κ3) is 7.76. The highest BCUT2D eigenvalue weighted by atomic mass is 127. The second kappa shape index (κ2) is 12.4. The second-order valence-electron chi connectivity index (χ2n) is 6.40. The van der Waals surface area contributed by atoms with Gasteiger partial charge in [0.1, 0.15) is 0 Å². The minimum Gasteiger partial charge on any atom is -0.357 e. The van der Waals surface area contributed by atoms with Crippen LogP contribution in [0.2, 0.25) is 5.02 Å². The minimum absolute atomic E-state index is 0. The molecule has 0 aliphatic heterocycles. The number of rotatable bonds is 8. The summed E-state index contributed by atoms with van der Waals surface area (Å²) in [4.78, 5) is 4.83. The van der Waals surface area contributed by atoms with Gasteiger partial charge < -0.3 is 10.6 Å². The van der Waals surface area contributed by atoms with Gasteiger partial charge in [-0.2, -0.15) is 0 Å². The van der Waals surface area contributed by atoms with E-state index in [-0.39, 0.29) is 35.4 Å². The first-order chi connectivity index (χ1) is 13.3. The van der Waals surface area contributed by atoms with Crippen molar-refractivity contribution in [3.63, 3.8) is 0 Å². The van der Waals surface area contributed by atoms with Crippen LogP contribution >= 0.6 is 35.6 Å². The van der Waals surface area contributed by atoms with E-state index in [4.69, 9.17) is 11.6 Å². The summed E-state index contributed by atoms with van der Waals surface area (Å²) < 4.78 is 26.2. The Labute approximate surface area is 195 Å². The third-order valence-corrected chi connectivity index (χ3v) is 6.23. The molecule has 0 saturated carbocycles. The molecule has 0 amide bonds. The SMILES string of the molecule is CCNC(=NCc1ccccc1S(=O)(=O)N(C)C)NCCc1cccc(Cl)c1.I. The number of aliphatic imine (C=N–C) groups is 1. The first kappa shape index (κ1) is 25.7. The predicted octanol–water partition coefficient (Wildman–Crippen LogP) is 3.51. The van der Waals surface area contributed by atoms with Crippen LogP contribution in [0.5, 0.6) is 0 Å². The van der Waals surface area contributed by atoms with Gasteiger partial charge in [-0.15, -0.1) is 24.0 Å². The highest BCUT2D eigenvalue weighted by molar-refractivity contribution is 14.0. The summed E-state index contributed by atoms with van der Waals surface area (Å²) in [6.45, 7) is 3.64. The van der Waals surface area contributed by atoms with E-state index in [0.717, 1.165) is 17.0 Å². The van der Waals surface area contributed by atoms with E-state index in [1.54, 1.807) is 18.2 Å². The van der Waals surface area contributed by atoms with Crippen LogP contribution in [0.3, 0.4) is 0 Å². The number of hydrogen-bond acceptors (Lipinski definition) is 3. The lowest BCUT2D eigenvalue weighted by Crippen LogP contribution is -2.38. The predicted molar refractivity (Wildman–Crippen MR) is 131 cm³/mol. The summed E-state index contributed by atoms with van der Waals surface area (Å²) in [7, 11) is -0.465. The van der Waals surface area contributed by atoms with Gasteiger partial charge in [0.25, 0.3) is 0 Å². The van der Waals surface area contributed by atoms with E-state index >= 15 is 0 Å². The molecule has 29 heavy (non-hydrogen) atoms. The van der Waals surface area contributed by atoms with Gasteiger partial charge in [0, 0.05) is 32.2 Å². The number of nitrogens with zero attached hydrogens (tertiary/aromatic N) is 2. The van der Waals surface area contributed by atoms with Crippen LogP contribution in [0.4, 0.5) is 0 Å². The number of halogens is 2. The van der Waals surface area contributed by atoms with Gasteiger partial charge in [0.15, 0.2) is 5.96 Å². The van der Waals surface area contributed by atoms with E-state index in [0.29, 0.717) is 24.6 Å². The summed E-state index contributed by atoms with van der Waals surface area (Å²) in [6.07, 6.45) is 0.802. The molecule has 0 spiro atoms. The fourth-order valence-corrected chi connectivity index (χ4v) is 3.93. The van der Waals surface area contributed by atoms with Crippen LogP contribution in [0.15, 0.2) is 58.4 Å². The molecule has 0 aromatic heterocycles. The van der Waals surface area contributed by atoms with Crippen molar-refractivity contribution in [2.24, 2.45) is 4.99 Å². The molecule has 0 heterocycles. The van der Waals surface area contributed by atoms with E-state index < -0.39 is 10.0 Å². The zero-order valence-electron chi connectivity index (χ0n) is 16.9. The molecule has 2 N–H and O–H groups in total. The van der Waals surface area contributed by atoms with Crippen LogP contribution < -0.4 is 10.6 Å². The summed E-state index contributed by atoms with van der Waals surface area (Å²) in [6, 6.07) is 14.7. The number of hydrogen-bond donors (Lipinski definition) is 2. The van der Waals surface area contributed by atoms with Crippen LogP contribution in [-0.4, -0.2) is 45.9 Å². The maximum atomic E-state index is 12.5. The van der Waals surface area contributed by atoms with E-state index in [1.165, 1.54) is 18.4 Å². The van der Waals surface area contributed by atoms with Gasteiger partial charge in [-0.1, -0.05) is 41.9 Å². The zero-order valence-corrected chi connectivity index (χ0v) is 20.8. The van der Waals surface area contributed by atoms with Gasteiger partial charge >= 0.3 is 0 Å². The lowest BCUT2D eigenvalue weighted by molar-refractivity contribution is 0.519. The van der Waals surface area contributed by atoms with Crippen molar-refractivity contribution in [1.29, 1.82) is 0 Å². The van der Waals surface area contributed by atoms with Gasteiger partial charge in [-0.25, -0.2) is 17.7 Å².